The molecular weight excluding hydrogens is 741 g/mol. The van der Waals surface area contributed by atoms with Crippen LogP contribution in [0.5, 0.6) is 23.0 Å². The van der Waals surface area contributed by atoms with Crippen LogP contribution in [0.15, 0.2) is 70.4 Å². The monoisotopic (exact) mass is 781 g/mol. The number of phosphoric acid groups is 1. The maximum atomic E-state index is 13.2. The summed E-state index contributed by atoms with van der Waals surface area (Å²) in [5.74, 6) is -1.89. The van der Waals surface area contributed by atoms with Crippen molar-refractivity contribution in [3.05, 3.63) is 115 Å². The molecule has 2 aliphatic rings. The van der Waals surface area contributed by atoms with Gasteiger partial charge in [0.15, 0.2) is 0 Å². The molecule has 292 valence electrons. The van der Waals surface area contributed by atoms with Gasteiger partial charge in [-0.15, -0.1) is 0 Å². The maximum absolute atomic E-state index is 13.2. The average molecular weight is 782 g/mol. The number of H-pyrrole nitrogens is 1. The first-order chi connectivity index (χ1) is 26.2. The predicted octanol–water partition coefficient (Wildman–Crippen LogP) is 4.01. The predicted molar refractivity (Wildman–Crippen MR) is 194 cm³/mol. The van der Waals surface area contributed by atoms with E-state index in [0.717, 1.165) is 4.57 Å². The lowest BCUT2D eigenvalue weighted by Gasteiger charge is -2.30. The first kappa shape index (κ1) is 39.4. The summed E-state index contributed by atoms with van der Waals surface area (Å²) in [6.07, 6.45) is 0.487. The number of carbonyl (C=O) groups is 2. The van der Waals surface area contributed by atoms with Crippen molar-refractivity contribution in [1.29, 1.82) is 0 Å². The minimum Gasteiger partial charge on any atom is -0.508 e. The van der Waals surface area contributed by atoms with Crippen molar-refractivity contribution in [3.8, 4) is 23.0 Å². The van der Waals surface area contributed by atoms with Gasteiger partial charge in [-0.1, -0.05) is 25.0 Å². The third-order valence-corrected chi connectivity index (χ3v) is 10.3. The fourth-order valence-corrected chi connectivity index (χ4v) is 7.33. The zero-order chi connectivity index (χ0) is 39.4. The zero-order valence-electron chi connectivity index (χ0n) is 29.5. The summed E-state index contributed by atoms with van der Waals surface area (Å²) < 4.78 is 35.2. The number of aliphatic hydroxyl groups excluding tert-OH is 1. The lowest BCUT2D eigenvalue weighted by Crippen LogP contribution is -2.33. The van der Waals surface area contributed by atoms with Crippen molar-refractivity contribution < 1.29 is 58.0 Å². The summed E-state index contributed by atoms with van der Waals surface area (Å²) in [7, 11) is -4.49. The molecule has 1 fully saturated rings. The molecule has 1 saturated heterocycles. The van der Waals surface area contributed by atoms with Crippen molar-refractivity contribution >= 4 is 19.7 Å². The molecule has 17 nitrogen and oxygen atoms in total. The number of nitrogens with zero attached hydrogens (tertiary/aromatic N) is 1. The third-order valence-electron chi connectivity index (χ3n) is 9.36. The summed E-state index contributed by atoms with van der Waals surface area (Å²) in [6, 6.07) is 13.3. The van der Waals surface area contributed by atoms with Gasteiger partial charge in [-0.3, -0.25) is 28.2 Å². The van der Waals surface area contributed by atoms with Gasteiger partial charge in [0.2, 0.25) is 0 Å². The second-order valence-corrected chi connectivity index (χ2v) is 14.7. The number of phenols is 2. The molecule has 1 aromatic heterocycles. The topological polar surface area (TPSA) is 256 Å². The van der Waals surface area contributed by atoms with Crippen LogP contribution in [0.25, 0.3) is 0 Å². The van der Waals surface area contributed by atoms with Gasteiger partial charge in [-0.25, -0.2) is 14.2 Å². The summed E-state index contributed by atoms with van der Waals surface area (Å²) in [4.78, 5) is 61.6. The van der Waals surface area contributed by atoms with E-state index in [-0.39, 0.29) is 52.7 Å². The van der Waals surface area contributed by atoms with Gasteiger partial charge >= 0.3 is 19.5 Å². The number of nitrogens with one attached hydrogen (secondary N) is 2. The summed E-state index contributed by atoms with van der Waals surface area (Å²) in [5, 5.41) is 43.4. The Morgan fingerprint density at radius 2 is 1.62 bits per heavy atom. The van der Waals surface area contributed by atoms with E-state index in [2.05, 4.69) is 10.3 Å². The minimum absolute atomic E-state index is 0.00560. The van der Waals surface area contributed by atoms with Crippen molar-refractivity contribution in [1.82, 2.24) is 14.9 Å². The molecule has 18 heteroatoms. The number of aliphatic hydroxyl groups is 1. The number of aromatic carboxylic acids is 1. The van der Waals surface area contributed by atoms with Crippen LogP contribution in [0.1, 0.15) is 87.2 Å². The number of carbonyl (C=O) groups excluding carboxylic acids is 1. The molecule has 3 heterocycles. The lowest BCUT2D eigenvalue weighted by molar-refractivity contribution is -0.0465. The molecule has 3 aromatic carbocycles. The number of ether oxygens (including phenoxy) is 2. The Bertz CT molecular complexity index is 2200. The van der Waals surface area contributed by atoms with Gasteiger partial charge in [-0.05, 0) is 55.7 Å². The maximum Gasteiger partial charge on any atom is 0.472 e. The van der Waals surface area contributed by atoms with Gasteiger partial charge in [0.1, 0.15) is 35.3 Å². The van der Waals surface area contributed by atoms with Crippen LogP contribution in [-0.4, -0.2) is 78.7 Å². The fraction of sp³-hybridized carbons (Fsp3) is 0.351. The van der Waals surface area contributed by atoms with Crippen LogP contribution in [0.4, 0.5) is 0 Å². The average Bonchev–Trinajstić information content (AvgIpc) is 3.51. The SMILES string of the molecule is Cc1cn([C@H]2C[C@@H](O)[C@@H](COP(=O)(O)OCCCCCCNC(=O)c3ccc(C(=O)O)c(C4c5ccc(O)cc5Oc5cc(O)ccc54)c3)O2)c(=O)[nH]c1=O. The normalized spacial score (nSPS) is 18.9. The van der Waals surface area contributed by atoms with Crippen LogP contribution in [0, 0.1) is 6.92 Å². The van der Waals surface area contributed by atoms with Crippen LogP contribution in [-0.2, 0) is 18.3 Å². The number of aromatic hydroxyl groups is 2. The number of carboxylic acids is 1. The highest BCUT2D eigenvalue weighted by Crippen LogP contribution is 2.50. The third kappa shape index (κ3) is 9.16. The molecule has 4 aromatic rings. The molecule has 0 aliphatic carbocycles. The number of carboxylic acid groups (broad SMARTS) is 1. The van der Waals surface area contributed by atoms with E-state index < -0.39 is 61.9 Å². The molecule has 6 rings (SSSR count). The van der Waals surface area contributed by atoms with Gasteiger partial charge in [-0.2, -0.15) is 0 Å². The molecule has 0 radical (unpaired) electrons. The quantitative estimate of drug-likeness (QED) is 0.0585. The molecule has 2 aliphatic heterocycles. The van der Waals surface area contributed by atoms with Crippen molar-refractivity contribution in [2.45, 2.75) is 63.4 Å². The van der Waals surface area contributed by atoms with E-state index in [0.29, 0.717) is 48.9 Å². The number of amides is 1. The first-order valence-corrected chi connectivity index (χ1v) is 19.0. The molecule has 55 heavy (non-hydrogen) atoms. The summed E-state index contributed by atoms with van der Waals surface area (Å²) in [5.41, 5.74) is 0.662. The minimum atomic E-state index is -4.49. The van der Waals surface area contributed by atoms with Crippen LogP contribution in [0.2, 0.25) is 0 Å². The smallest absolute Gasteiger partial charge is 0.472 e. The Kier molecular flexibility index (Phi) is 11.9. The van der Waals surface area contributed by atoms with E-state index in [1.165, 1.54) is 55.6 Å². The van der Waals surface area contributed by atoms with Crippen LogP contribution >= 0.6 is 7.82 Å². The Hall–Kier alpha value is -5.29. The first-order valence-electron chi connectivity index (χ1n) is 17.5. The zero-order valence-corrected chi connectivity index (χ0v) is 30.4. The van der Waals surface area contributed by atoms with E-state index in [4.69, 9.17) is 18.5 Å². The van der Waals surface area contributed by atoms with Crippen molar-refractivity contribution in [3.63, 3.8) is 0 Å². The van der Waals surface area contributed by atoms with Gasteiger partial charge in [0, 0.05) is 59.5 Å². The van der Waals surface area contributed by atoms with Crippen LogP contribution < -0.4 is 21.3 Å². The second-order valence-electron chi connectivity index (χ2n) is 13.3. The standard InChI is InChI=1S/C37H40N3O14P/c1-20-18-40(37(48)39-34(20)44)32-17-28(43)31(54-32)19-52-55(49,50)51-13-5-3-2-4-12-38-35(45)21-6-9-24(36(46)47)27(14-21)33-25-10-7-22(41)15-29(25)53-30-16-23(42)8-11-26(30)33/h6-11,14-16,18,28,31-33,41-43H,2-5,12-13,17,19H2,1H3,(H,38,45)(H,46,47)(H,49,50)(H,39,44,48)/t28-,31-,32-/m1/s1. The highest BCUT2D eigenvalue weighted by Gasteiger charge is 2.38. The van der Waals surface area contributed by atoms with E-state index in [1.807, 2.05) is 0 Å². The number of phosphoric ester groups is 1. The van der Waals surface area contributed by atoms with Gasteiger partial charge in [0.25, 0.3) is 11.5 Å². The Labute approximate surface area is 313 Å². The van der Waals surface area contributed by atoms with Gasteiger partial charge in [0.05, 0.1) is 24.9 Å². The number of phenolic OH excluding ortho intramolecular Hbond substituents is 2. The largest absolute Gasteiger partial charge is 0.508 e. The Morgan fingerprint density at radius 3 is 2.29 bits per heavy atom. The summed E-state index contributed by atoms with van der Waals surface area (Å²) in [6.45, 7) is 1.23. The molecular formula is C37H40N3O14P. The number of unbranched alkanes of at least 4 members (excludes halogenated alkanes) is 3. The number of benzene rings is 3. The fourth-order valence-electron chi connectivity index (χ4n) is 6.56. The van der Waals surface area contributed by atoms with Crippen molar-refractivity contribution in [2.75, 3.05) is 19.8 Å². The molecule has 0 bridgehead atoms. The number of fused-ring (bicyclic) bond motifs is 2. The molecule has 1 amide bonds. The number of hydrogen-bond donors (Lipinski definition) is 7. The van der Waals surface area contributed by atoms with E-state index in [1.54, 1.807) is 12.1 Å². The number of aryl methyl sites for hydroxylation is 1. The van der Waals surface area contributed by atoms with Crippen molar-refractivity contribution in [2.24, 2.45) is 0 Å². The summed E-state index contributed by atoms with van der Waals surface area (Å²) >= 11 is 0. The molecule has 0 spiro atoms. The van der Waals surface area contributed by atoms with E-state index in [9.17, 15) is 49.1 Å². The second kappa shape index (κ2) is 16.6. The Balaban J connectivity index is 0.965. The number of aromatic nitrogens is 2. The molecule has 7 N–H and O–H groups in total. The van der Waals surface area contributed by atoms with E-state index >= 15 is 0 Å². The highest BCUT2D eigenvalue weighted by molar-refractivity contribution is 7.47. The van der Waals surface area contributed by atoms with Crippen LogP contribution in [0.3, 0.4) is 0 Å². The number of rotatable bonds is 15. The Morgan fingerprint density at radius 1 is 0.945 bits per heavy atom. The lowest BCUT2D eigenvalue weighted by atomic mass is 9.80. The molecule has 0 saturated carbocycles. The highest BCUT2D eigenvalue weighted by atomic mass is 31.2. The number of aromatic amines is 1. The van der Waals surface area contributed by atoms with Gasteiger partial charge < -0.3 is 40.1 Å². The molecule has 1 unspecified atom stereocenters. The molecule has 4 atom stereocenters. The number of hydrogen-bond acceptors (Lipinski definition) is 12.